The van der Waals surface area contributed by atoms with Gasteiger partial charge in [-0.2, -0.15) is 10.2 Å². The van der Waals surface area contributed by atoms with Crippen LogP contribution in [0, 0.1) is 6.92 Å². The van der Waals surface area contributed by atoms with Gasteiger partial charge in [-0.3, -0.25) is 9.48 Å². The van der Waals surface area contributed by atoms with Crippen LogP contribution in [-0.4, -0.2) is 21.9 Å². The Hall–Kier alpha value is -3.21. The number of amides is 1. The van der Waals surface area contributed by atoms with Crippen molar-refractivity contribution in [1.82, 2.24) is 15.2 Å². The first-order valence-corrected chi connectivity index (χ1v) is 7.68. The Morgan fingerprint density at radius 3 is 2.71 bits per heavy atom. The number of rotatable bonds is 5. The molecule has 0 saturated carbocycles. The molecule has 0 fully saturated rings. The molecule has 120 valence electrons. The maximum Gasteiger partial charge on any atom is 0.271 e. The van der Waals surface area contributed by atoms with Crippen molar-refractivity contribution in [1.29, 1.82) is 0 Å². The highest BCUT2D eigenvalue weighted by molar-refractivity contribution is 5.96. The van der Waals surface area contributed by atoms with Crippen molar-refractivity contribution in [2.75, 3.05) is 0 Å². The van der Waals surface area contributed by atoms with Crippen molar-refractivity contribution < 1.29 is 4.79 Å². The molecule has 0 aliphatic carbocycles. The Morgan fingerprint density at radius 2 is 1.92 bits per heavy atom. The van der Waals surface area contributed by atoms with E-state index in [9.17, 15) is 4.79 Å². The van der Waals surface area contributed by atoms with Crippen molar-refractivity contribution in [2.45, 2.75) is 13.5 Å². The molecule has 5 heteroatoms. The van der Waals surface area contributed by atoms with Gasteiger partial charge < -0.3 is 0 Å². The van der Waals surface area contributed by atoms with E-state index in [0.717, 1.165) is 11.1 Å². The summed E-state index contributed by atoms with van der Waals surface area (Å²) in [4.78, 5) is 12.1. The Kier molecular flexibility index (Phi) is 4.81. The second-order valence-corrected chi connectivity index (χ2v) is 5.47. The molecule has 3 rings (SSSR count). The maximum absolute atomic E-state index is 12.1. The van der Waals surface area contributed by atoms with Gasteiger partial charge in [0.05, 0.1) is 19.0 Å². The molecule has 0 aliphatic rings. The van der Waals surface area contributed by atoms with Crippen molar-refractivity contribution >= 4 is 12.1 Å². The number of nitrogens with one attached hydrogen (secondary N) is 1. The van der Waals surface area contributed by atoms with E-state index in [1.54, 1.807) is 18.5 Å². The Balaban J connectivity index is 1.59. The van der Waals surface area contributed by atoms with Crippen LogP contribution in [0.3, 0.4) is 0 Å². The molecule has 24 heavy (non-hydrogen) atoms. The molecule has 0 radical (unpaired) electrons. The van der Waals surface area contributed by atoms with E-state index in [1.165, 1.54) is 5.56 Å². The number of carbonyl (C=O) groups is 1. The van der Waals surface area contributed by atoms with E-state index in [2.05, 4.69) is 27.8 Å². The summed E-state index contributed by atoms with van der Waals surface area (Å²) in [6.45, 7) is 2.59. The lowest BCUT2D eigenvalue weighted by Gasteiger charge is -2.02. The predicted octanol–water partition coefficient (Wildman–Crippen LogP) is 3.00. The Labute approximate surface area is 140 Å². The fourth-order valence-electron chi connectivity index (χ4n) is 2.36. The van der Waals surface area contributed by atoms with Crippen LogP contribution in [0.1, 0.15) is 27.0 Å². The van der Waals surface area contributed by atoms with Gasteiger partial charge in [-0.1, -0.05) is 48.5 Å². The third kappa shape index (κ3) is 3.95. The number of aryl methyl sites for hydroxylation is 1. The van der Waals surface area contributed by atoms with Gasteiger partial charge in [-0.25, -0.2) is 5.43 Å². The largest absolute Gasteiger partial charge is 0.271 e. The predicted molar refractivity (Wildman–Crippen MR) is 94.0 cm³/mol. The second-order valence-electron chi connectivity index (χ2n) is 5.47. The van der Waals surface area contributed by atoms with Crippen LogP contribution in [0.5, 0.6) is 0 Å². The number of hydrazone groups is 1. The number of carbonyl (C=O) groups excluding carboxylic acids is 1. The molecule has 0 saturated heterocycles. The molecule has 1 amide bonds. The molecule has 0 bridgehead atoms. The molecule has 3 aromatic rings. The van der Waals surface area contributed by atoms with Crippen molar-refractivity contribution in [3.8, 4) is 0 Å². The first-order valence-electron chi connectivity index (χ1n) is 7.68. The molecular formula is C19H18N4O. The molecule has 1 heterocycles. The van der Waals surface area contributed by atoms with Crippen LogP contribution in [-0.2, 0) is 6.54 Å². The average molecular weight is 318 g/mol. The van der Waals surface area contributed by atoms with E-state index >= 15 is 0 Å². The SMILES string of the molecule is Cc1ccccc1C(=O)N/N=C\c1cnn(Cc2ccccc2)c1. The number of benzene rings is 2. The van der Waals surface area contributed by atoms with Crippen LogP contribution >= 0.6 is 0 Å². The zero-order chi connectivity index (χ0) is 16.8. The normalized spacial score (nSPS) is 10.9. The highest BCUT2D eigenvalue weighted by Crippen LogP contribution is 2.06. The summed E-state index contributed by atoms with van der Waals surface area (Å²) in [5.74, 6) is -0.221. The number of nitrogens with zero attached hydrogens (tertiary/aromatic N) is 3. The lowest BCUT2D eigenvalue weighted by molar-refractivity contribution is 0.0954. The topological polar surface area (TPSA) is 59.3 Å². The quantitative estimate of drug-likeness (QED) is 0.581. The van der Waals surface area contributed by atoms with Crippen LogP contribution in [0.25, 0.3) is 0 Å². The minimum Gasteiger partial charge on any atom is -0.268 e. The minimum atomic E-state index is -0.221. The van der Waals surface area contributed by atoms with Gasteiger partial charge in [0.1, 0.15) is 0 Å². The molecule has 0 spiro atoms. The number of hydrogen-bond acceptors (Lipinski definition) is 3. The lowest BCUT2D eigenvalue weighted by atomic mass is 10.1. The fraction of sp³-hybridized carbons (Fsp3) is 0.105. The molecule has 5 nitrogen and oxygen atoms in total. The van der Waals surface area contributed by atoms with Gasteiger partial charge >= 0.3 is 0 Å². The first-order chi connectivity index (χ1) is 11.7. The Bertz CT molecular complexity index is 853. The van der Waals surface area contributed by atoms with Crippen LogP contribution in [0.15, 0.2) is 72.1 Å². The molecular weight excluding hydrogens is 300 g/mol. The summed E-state index contributed by atoms with van der Waals surface area (Å²) in [5, 5.41) is 8.30. The molecule has 0 aliphatic heterocycles. The average Bonchev–Trinajstić information content (AvgIpc) is 3.03. The fourth-order valence-corrected chi connectivity index (χ4v) is 2.36. The molecule has 1 aromatic heterocycles. The van der Waals surface area contributed by atoms with Gasteiger partial charge in [0.2, 0.25) is 0 Å². The highest BCUT2D eigenvalue weighted by Gasteiger charge is 2.06. The standard InChI is InChI=1S/C19H18N4O/c1-15-7-5-6-10-18(15)19(24)22-20-11-17-12-21-23(14-17)13-16-8-3-2-4-9-16/h2-12,14H,13H2,1H3,(H,22,24)/b20-11-. The van der Waals surface area contributed by atoms with Gasteiger partial charge in [0, 0.05) is 17.3 Å². The van der Waals surface area contributed by atoms with E-state index < -0.39 is 0 Å². The zero-order valence-electron chi connectivity index (χ0n) is 13.4. The van der Waals surface area contributed by atoms with Crippen molar-refractivity contribution in [3.05, 3.63) is 89.2 Å². The summed E-state index contributed by atoms with van der Waals surface area (Å²) >= 11 is 0. The minimum absolute atomic E-state index is 0.221. The summed E-state index contributed by atoms with van der Waals surface area (Å²) in [6.07, 6.45) is 5.19. The molecule has 1 N–H and O–H groups in total. The number of hydrogen-bond donors (Lipinski definition) is 1. The maximum atomic E-state index is 12.1. The van der Waals surface area contributed by atoms with Gasteiger partial charge in [-0.05, 0) is 24.1 Å². The summed E-state index contributed by atoms with van der Waals surface area (Å²) < 4.78 is 1.83. The first kappa shape index (κ1) is 15.7. The monoisotopic (exact) mass is 318 g/mol. The number of aromatic nitrogens is 2. The van der Waals surface area contributed by atoms with Crippen LogP contribution in [0.4, 0.5) is 0 Å². The molecule has 2 aromatic carbocycles. The lowest BCUT2D eigenvalue weighted by Crippen LogP contribution is -2.18. The summed E-state index contributed by atoms with van der Waals surface area (Å²) in [5.41, 5.74) is 6.09. The van der Waals surface area contributed by atoms with E-state index in [4.69, 9.17) is 0 Å². The second kappa shape index (κ2) is 7.37. The van der Waals surface area contributed by atoms with E-state index in [0.29, 0.717) is 12.1 Å². The zero-order valence-corrected chi connectivity index (χ0v) is 13.4. The van der Waals surface area contributed by atoms with Crippen molar-refractivity contribution in [3.63, 3.8) is 0 Å². The highest BCUT2D eigenvalue weighted by atomic mass is 16.2. The van der Waals surface area contributed by atoms with Crippen LogP contribution in [0.2, 0.25) is 0 Å². The Morgan fingerprint density at radius 1 is 1.17 bits per heavy atom. The third-order valence-corrected chi connectivity index (χ3v) is 3.61. The van der Waals surface area contributed by atoms with Gasteiger partial charge in [0.15, 0.2) is 0 Å². The van der Waals surface area contributed by atoms with Gasteiger partial charge in [0.25, 0.3) is 5.91 Å². The van der Waals surface area contributed by atoms with Crippen LogP contribution < -0.4 is 5.43 Å². The smallest absolute Gasteiger partial charge is 0.268 e. The molecule has 0 atom stereocenters. The molecule has 0 unspecified atom stereocenters. The van der Waals surface area contributed by atoms with Crippen molar-refractivity contribution in [2.24, 2.45) is 5.10 Å². The van der Waals surface area contributed by atoms with E-state index in [-0.39, 0.29) is 5.91 Å². The summed E-state index contributed by atoms with van der Waals surface area (Å²) in [7, 11) is 0. The third-order valence-electron chi connectivity index (χ3n) is 3.61. The van der Waals surface area contributed by atoms with Gasteiger partial charge in [-0.15, -0.1) is 0 Å². The van der Waals surface area contributed by atoms with E-state index in [1.807, 2.05) is 54.2 Å². The summed E-state index contributed by atoms with van der Waals surface area (Å²) in [6, 6.07) is 17.5.